The maximum Gasteiger partial charge on any atom is 0.335 e. The zero-order valence-corrected chi connectivity index (χ0v) is 27.4. The summed E-state index contributed by atoms with van der Waals surface area (Å²) in [5, 5.41) is 11.8. The number of hydrogen-bond acceptors (Lipinski definition) is 8. The molecule has 0 unspecified atom stereocenters. The van der Waals surface area contributed by atoms with Crippen molar-refractivity contribution >= 4 is 40.4 Å². The van der Waals surface area contributed by atoms with E-state index in [-0.39, 0.29) is 22.2 Å². The minimum atomic E-state index is -2.89. The van der Waals surface area contributed by atoms with E-state index < -0.39 is 41.7 Å². The van der Waals surface area contributed by atoms with Gasteiger partial charge in [0.25, 0.3) is 0 Å². The lowest BCUT2D eigenvalue weighted by atomic mass is 10.1. The Labute approximate surface area is 245 Å². The van der Waals surface area contributed by atoms with Gasteiger partial charge in [-0.15, -0.1) is 0 Å². The summed E-state index contributed by atoms with van der Waals surface area (Å²) in [5.41, 5.74) is 3.75. The second-order valence-electron chi connectivity index (χ2n) is 12.4. The zero-order valence-electron chi connectivity index (χ0n) is 25.4. The van der Waals surface area contributed by atoms with E-state index in [1.165, 1.54) is 6.33 Å². The van der Waals surface area contributed by atoms with Crippen LogP contribution in [0.2, 0.25) is 22.2 Å². The third-order valence-corrected chi connectivity index (χ3v) is 18.8. The number of aromatic nitrogens is 4. The SMILES string of the molecule is CC(C)[Si]1(C(C)C)OC[C@H]2O[C@@H](n3cnc4c(C=Cc5ccccc5)ncnc43)[C@H](O)[C@@H]2O[Si](C(C)C)(C(C)C)O1. The Kier molecular flexibility index (Phi) is 8.69. The predicted octanol–water partition coefficient (Wildman–Crippen LogP) is 6.21. The third kappa shape index (κ3) is 5.37. The molecule has 11 heteroatoms. The van der Waals surface area contributed by atoms with Crippen molar-refractivity contribution in [3.63, 3.8) is 0 Å². The number of rotatable bonds is 7. The van der Waals surface area contributed by atoms with Crippen LogP contribution in [0, 0.1) is 0 Å². The minimum Gasteiger partial charge on any atom is -0.414 e. The number of aliphatic hydroxyl groups is 1. The summed E-state index contributed by atoms with van der Waals surface area (Å²) in [6.07, 6.45) is 4.36. The van der Waals surface area contributed by atoms with Crippen LogP contribution in [-0.2, 0) is 17.7 Å². The van der Waals surface area contributed by atoms with Crippen molar-refractivity contribution < 1.29 is 22.8 Å². The van der Waals surface area contributed by atoms with Crippen molar-refractivity contribution in [3.05, 3.63) is 54.2 Å². The molecule has 2 aliphatic heterocycles. The van der Waals surface area contributed by atoms with E-state index in [4.69, 9.17) is 17.7 Å². The van der Waals surface area contributed by atoms with Crippen LogP contribution in [0.1, 0.15) is 72.9 Å². The molecule has 9 nitrogen and oxygen atoms in total. The molecule has 1 aromatic carbocycles. The number of ether oxygens (including phenoxy) is 1. The summed E-state index contributed by atoms with van der Waals surface area (Å²) in [6.45, 7) is 17.8. The molecule has 0 bridgehead atoms. The monoisotopic (exact) mass is 596 g/mol. The van der Waals surface area contributed by atoms with E-state index in [2.05, 4.69) is 70.3 Å². The number of nitrogens with zero attached hydrogens (tertiary/aromatic N) is 4. The molecule has 0 saturated carbocycles. The van der Waals surface area contributed by atoms with Gasteiger partial charge in [-0.1, -0.05) is 91.8 Å². The molecular formula is C30H44N4O5Si2. The van der Waals surface area contributed by atoms with Crippen molar-refractivity contribution in [1.29, 1.82) is 0 Å². The van der Waals surface area contributed by atoms with Gasteiger partial charge in [0.2, 0.25) is 0 Å². The van der Waals surface area contributed by atoms with Crippen LogP contribution in [0.25, 0.3) is 23.3 Å². The van der Waals surface area contributed by atoms with E-state index in [1.54, 1.807) is 10.9 Å². The van der Waals surface area contributed by atoms with Gasteiger partial charge in [0.05, 0.1) is 18.6 Å². The maximum absolute atomic E-state index is 11.8. The standard InChI is InChI=1S/C30H44N4O5Si2/c1-19(2)40(20(3)4)36-16-25-28(38-41(39-40,21(5)6)22(7)8)27(35)30(37-25)34-18-33-26-24(31-17-32-29(26)34)15-14-23-12-10-9-11-13-23/h9-15,17-22,25,27-28,30,35H,16H2,1-8H3/t25-,27-,28-,30-/m1/s1. The number of benzene rings is 1. The van der Waals surface area contributed by atoms with Gasteiger partial charge in [-0.05, 0) is 33.8 Å². The fraction of sp³-hybridized carbons (Fsp3) is 0.567. The van der Waals surface area contributed by atoms with E-state index in [0.29, 0.717) is 23.5 Å². The molecule has 0 radical (unpaired) electrons. The largest absolute Gasteiger partial charge is 0.414 e. The van der Waals surface area contributed by atoms with Crippen molar-refractivity contribution in [3.8, 4) is 0 Å². The molecule has 41 heavy (non-hydrogen) atoms. The van der Waals surface area contributed by atoms with Gasteiger partial charge in [0, 0.05) is 0 Å². The fourth-order valence-corrected chi connectivity index (χ4v) is 17.5. The highest BCUT2D eigenvalue weighted by molar-refractivity contribution is 6.84. The Hall–Kier alpha value is -2.26. The summed E-state index contributed by atoms with van der Waals surface area (Å²) >= 11 is 0. The number of hydrogen-bond donors (Lipinski definition) is 1. The van der Waals surface area contributed by atoms with Gasteiger partial charge >= 0.3 is 17.1 Å². The first kappa shape index (κ1) is 30.2. The lowest BCUT2D eigenvalue weighted by Crippen LogP contribution is -2.65. The smallest absolute Gasteiger partial charge is 0.335 e. The molecule has 0 aliphatic carbocycles. The minimum absolute atomic E-state index is 0.154. The van der Waals surface area contributed by atoms with Crippen LogP contribution < -0.4 is 0 Å². The summed E-state index contributed by atoms with van der Waals surface area (Å²) in [4.78, 5) is 13.6. The summed E-state index contributed by atoms with van der Waals surface area (Å²) in [5.74, 6) is 0. The molecule has 2 fully saturated rings. The average Bonchev–Trinajstić information content (AvgIpc) is 3.48. The molecule has 222 valence electrons. The molecule has 4 heterocycles. The molecule has 0 amide bonds. The molecule has 2 aromatic heterocycles. The Bertz CT molecular complexity index is 1350. The molecule has 0 spiro atoms. The van der Waals surface area contributed by atoms with Gasteiger partial charge < -0.3 is 22.8 Å². The van der Waals surface area contributed by atoms with E-state index in [9.17, 15) is 5.11 Å². The summed E-state index contributed by atoms with van der Waals surface area (Å²) < 4.78 is 29.5. The third-order valence-electron chi connectivity index (χ3n) is 8.54. The molecule has 5 rings (SSSR count). The zero-order chi connectivity index (χ0) is 29.5. The second-order valence-corrected chi connectivity index (χ2v) is 21.3. The predicted molar refractivity (Wildman–Crippen MR) is 164 cm³/mol. The maximum atomic E-state index is 11.8. The van der Waals surface area contributed by atoms with Gasteiger partial charge in [0.1, 0.15) is 30.2 Å². The van der Waals surface area contributed by atoms with Crippen molar-refractivity contribution in [2.45, 2.75) is 102 Å². The van der Waals surface area contributed by atoms with Crippen molar-refractivity contribution in [2.75, 3.05) is 6.61 Å². The van der Waals surface area contributed by atoms with E-state index in [1.807, 2.05) is 42.5 Å². The van der Waals surface area contributed by atoms with Gasteiger partial charge in [-0.3, -0.25) is 4.57 Å². The fourth-order valence-electron chi connectivity index (χ4n) is 6.28. The normalized spacial score (nSPS) is 26.4. The topological polar surface area (TPSA) is 101 Å². The molecule has 2 saturated heterocycles. The first-order chi connectivity index (χ1) is 19.5. The quantitative estimate of drug-likeness (QED) is 0.321. The second kappa shape index (κ2) is 11.8. The van der Waals surface area contributed by atoms with Crippen LogP contribution in [0.15, 0.2) is 43.0 Å². The number of aliphatic hydroxyl groups excluding tert-OH is 1. The van der Waals surface area contributed by atoms with E-state index >= 15 is 0 Å². The highest BCUT2D eigenvalue weighted by Crippen LogP contribution is 2.48. The Morgan fingerprint density at radius 2 is 1.54 bits per heavy atom. The van der Waals surface area contributed by atoms with Crippen molar-refractivity contribution in [2.24, 2.45) is 0 Å². The highest BCUT2D eigenvalue weighted by atomic mass is 28.5. The van der Waals surface area contributed by atoms with E-state index in [0.717, 1.165) is 5.56 Å². The van der Waals surface area contributed by atoms with Crippen LogP contribution in [0.4, 0.5) is 0 Å². The number of fused-ring (bicyclic) bond motifs is 2. The molecule has 2 aliphatic rings. The van der Waals surface area contributed by atoms with Gasteiger partial charge in [0.15, 0.2) is 11.9 Å². The van der Waals surface area contributed by atoms with Crippen LogP contribution in [0.3, 0.4) is 0 Å². The van der Waals surface area contributed by atoms with Gasteiger partial charge in [-0.25, -0.2) is 15.0 Å². The lowest BCUT2D eigenvalue weighted by Gasteiger charge is -2.51. The Morgan fingerprint density at radius 1 is 0.878 bits per heavy atom. The Balaban J connectivity index is 1.51. The van der Waals surface area contributed by atoms with Crippen LogP contribution in [-0.4, -0.2) is 66.7 Å². The average molecular weight is 597 g/mol. The summed E-state index contributed by atoms with van der Waals surface area (Å²) in [7, 11) is -5.60. The number of imidazole rings is 1. The molecule has 1 N–H and O–H groups in total. The molecule has 4 atom stereocenters. The van der Waals surface area contributed by atoms with Gasteiger partial charge in [-0.2, -0.15) is 0 Å². The summed E-state index contributed by atoms with van der Waals surface area (Å²) in [6, 6.07) is 10.0. The first-order valence-corrected chi connectivity index (χ1v) is 18.7. The molecular weight excluding hydrogens is 553 g/mol. The van der Waals surface area contributed by atoms with Crippen LogP contribution in [0.5, 0.6) is 0 Å². The highest BCUT2D eigenvalue weighted by Gasteiger charge is 2.61. The first-order valence-electron chi connectivity index (χ1n) is 14.8. The lowest BCUT2D eigenvalue weighted by molar-refractivity contribution is -0.0570. The van der Waals surface area contributed by atoms with Crippen LogP contribution >= 0.6 is 0 Å². The molecule has 3 aromatic rings. The Morgan fingerprint density at radius 3 is 2.17 bits per heavy atom. The van der Waals surface area contributed by atoms with Crippen molar-refractivity contribution in [1.82, 2.24) is 19.5 Å².